The first kappa shape index (κ1) is 14.2. The molecule has 1 heteroatoms. The lowest BCUT2D eigenvalue weighted by Gasteiger charge is -2.27. The third kappa shape index (κ3) is 3.66. The zero-order valence-electron chi connectivity index (χ0n) is 12.5. The Labute approximate surface area is 127 Å². The van der Waals surface area contributed by atoms with E-state index in [1.165, 1.54) is 49.7 Å². The minimum Gasteiger partial charge on any atom is -0.508 e. The highest BCUT2D eigenvalue weighted by molar-refractivity contribution is 5.36. The van der Waals surface area contributed by atoms with Crippen LogP contribution in [0.15, 0.2) is 54.6 Å². The molecule has 1 aliphatic carbocycles. The van der Waals surface area contributed by atoms with Crippen LogP contribution in [0.2, 0.25) is 0 Å². The standard InChI is InChI=1S/C20H24O/c21-19-13-7-12-18(15-19)20(17-10-5-2-6-11-17)14-16-8-3-1-4-9-16/h2,5-7,10-13,15-16,20-21H,1,3-4,8-9,14H2. The predicted octanol–water partition coefficient (Wildman–Crippen LogP) is 5.49. The fourth-order valence-corrected chi connectivity index (χ4v) is 3.65. The molecule has 1 nitrogen and oxygen atoms in total. The first-order chi connectivity index (χ1) is 10.3. The van der Waals surface area contributed by atoms with Crippen LogP contribution in [-0.4, -0.2) is 5.11 Å². The molecule has 0 heterocycles. The maximum Gasteiger partial charge on any atom is 0.115 e. The van der Waals surface area contributed by atoms with E-state index < -0.39 is 0 Å². The van der Waals surface area contributed by atoms with Gasteiger partial charge in [-0.2, -0.15) is 0 Å². The average molecular weight is 280 g/mol. The summed E-state index contributed by atoms with van der Waals surface area (Å²) in [5.74, 6) is 1.60. The van der Waals surface area contributed by atoms with Crippen molar-refractivity contribution in [1.82, 2.24) is 0 Å². The van der Waals surface area contributed by atoms with Gasteiger partial charge in [-0.25, -0.2) is 0 Å². The van der Waals surface area contributed by atoms with Crippen molar-refractivity contribution >= 4 is 0 Å². The molecule has 1 unspecified atom stereocenters. The van der Waals surface area contributed by atoms with E-state index in [4.69, 9.17) is 0 Å². The average Bonchev–Trinajstić information content (AvgIpc) is 2.54. The Bertz CT molecular complexity index is 555. The molecule has 1 N–H and O–H groups in total. The van der Waals surface area contributed by atoms with Gasteiger partial charge in [0.25, 0.3) is 0 Å². The largest absolute Gasteiger partial charge is 0.508 e. The number of phenolic OH excluding ortho intramolecular Hbond substituents is 1. The van der Waals surface area contributed by atoms with E-state index in [1.54, 1.807) is 6.07 Å². The summed E-state index contributed by atoms with van der Waals surface area (Å²) in [6, 6.07) is 18.5. The second-order valence-corrected chi connectivity index (χ2v) is 6.30. The molecule has 1 fully saturated rings. The summed E-state index contributed by atoms with van der Waals surface area (Å²) in [7, 11) is 0. The Hall–Kier alpha value is -1.76. The Morgan fingerprint density at radius 2 is 1.57 bits per heavy atom. The molecule has 21 heavy (non-hydrogen) atoms. The van der Waals surface area contributed by atoms with Gasteiger partial charge in [-0.3, -0.25) is 0 Å². The quantitative estimate of drug-likeness (QED) is 0.784. The van der Waals surface area contributed by atoms with Gasteiger partial charge < -0.3 is 5.11 Å². The monoisotopic (exact) mass is 280 g/mol. The van der Waals surface area contributed by atoms with E-state index in [0.29, 0.717) is 11.7 Å². The van der Waals surface area contributed by atoms with Crippen LogP contribution in [0, 0.1) is 5.92 Å². The summed E-state index contributed by atoms with van der Waals surface area (Å²) in [4.78, 5) is 0. The molecule has 0 spiro atoms. The summed E-state index contributed by atoms with van der Waals surface area (Å²) >= 11 is 0. The topological polar surface area (TPSA) is 20.2 Å². The molecular formula is C20H24O. The molecular weight excluding hydrogens is 256 g/mol. The highest BCUT2D eigenvalue weighted by Gasteiger charge is 2.21. The molecule has 0 bridgehead atoms. The minimum absolute atomic E-state index is 0.372. The van der Waals surface area contributed by atoms with Gasteiger partial charge in [0.05, 0.1) is 0 Å². The molecule has 1 saturated carbocycles. The number of hydrogen-bond acceptors (Lipinski definition) is 1. The van der Waals surface area contributed by atoms with E-state index in [2.05, 4.69) is 36.4 Å². The fraction of sp³-hybridized carbons (Fsp3) is 0.400. The lowest BCUT2D eigenvalue weighted by molar-refractivity contribution is 0.327. The summed E-state index contributed by atoms with van der Waals surface area (Å²) in [5, 5.41) is 9.81. The smallest absolute Gasteiger partial charge is 0.115 e. The fourth-order valence-electron chi connectivity index (χ4n) is 3.65. The lowest BCUT2D eigenvalue weighted by atomic mass is 9.78. The highest BCUT2D eigenvalue weighted by Crippen LogP contribution is 2.37. The molecule has 3 rings (SSSR count). The normalized spacial score (nSPS) is 17.5. The van der Waals surface area contributed by atoms with Gasteiger partial charge >= 0.3 is 0 Å². The molecule has 0 aromatic heterocycles. The second kappa shape index (κ2) is 6.80. The molecule has 0 radical (unpaired) electrons. The zero-order chi connectivity index (χ0) is 14.5. The highest BCUT2D eigenvalue weighted by atomic mass is 16.3. The van der Waals surface area contributed by atoms with E-state index >= 15 is 0 Å². The molecule has 110 valence electrons. The van der Waals surface area contributed by atoms with Crippen molar-refractivity contribution in [2.45, 2.75) is 44.4 Å². The van der Waals surface area contributed by atoms with Crippen LogP contribution >= 0.6 is 0 Å². The van der Waals surface area contributed by atoms with Crippen molar-refractivity contribution in [2.75, 3.05) is 0 Å². The van der Waals surface area contributed by atoms with Crippen LogP contribution in [0.25, 0.3) is 0 Å². The Kier molecular flexibility index (Phi) is 4.59. The summed E-state index contributed by atoms with van der Waals surface area (Å²) < 4.78 is 0. The number of hydrogen-bond donors (Lipinski definition) is 1. The van der Waals surface area contributed by atoms with E-state index in [-0.39, 0.29) is 0 Å². The lowest BCUT2D eigenvalue weighted by Crippen LogP contribution is -2.12. The maximum absolute atomic E-state index is 9.81. The number of benzene rings is 2. The van der Waals surface area contributed by atoms with Gasteiger partial charge in [0.2, 0.25) is 0 Å². The summed E-state index contributed by atoms with van der Waals surface area (Å²) in [6.45, 7) is 0. The first-order valence-electron chi connectivity index (χ1n) is 8.17. The summed E-state index contributed by atoms with van der Waals surface area (Å²) in [5.41, 5.74) is 2.61. The molecule has 0 amide bonds. The van der Waals surface area contributed by atoms with Crippen molar-refractivity contribution in [3.05, 3.63) is 65.7 Å². The van der Waals surface area contributed by atoms with Crippen molar-refractivity contribution in [3.63, 3.8) is 0 Å². The number of phenols is 1. The Morgan fingerprint density at radius 1 is 0.857 bits per heavy atom. The van der Waals surface area contributed by atoms with Crippen molar-refractivity contribution in [1.29, 1.82) is 0 Å². The van der Waals surface area contributed by atoms with Crippen LogP contribution in [-0.2, 0) is 0 Å². The minimum atomic E-state index is 0.372. The van der Waals surface area contributed by atoms with E-state index in [9.17, 15) is 5.11 Å². The second-order valence-electron chi connectivity index (χ2n) is 6.30. The molecule has 2 aromatic carbocycles. The van der Waals surface area contributed by atoms with Crippen LogP contribution in [0.1, 0.15) is 55.6 Å². The maximum atomic E-state index is 9.81. The van der Waals surface area contributed by atoms with Gasteiger partial charge in [-0.1, -0.05) is 74.6 Å². The van der Waals surface area contributed by atoms with Gasteiger partial charge in [0.15, 0.2) is 0 Å². The third-order valence-electron chi connectivity index (χ3n) is 4.77. The van der Waals surface area contributed by atoms with Crippen LogP contribution in [0.3, 0.4) is 0 Å². The molecule has 2 aromatic rings. The van der Waals surface area contributed by atoms with Crippen LogP contribution in [0.4, 0.5) is 0 Å². The number of aromatic hydroxyl groups is 1. The zero-order valence-corrected chi connectivity index (χ0v) is 12.5. The molecule has 1 aliphatic rings. The van der Waals surface area contributed by atoms with Crippen molar-refractivity contribution < 1.29 is 5.11 Å². The van der Waals surface area contributed by atoms with Gasteiger partial charge in [0, 0.05) is 5.92 Å². The molecule has 1 atom stereocenters. The van der Waals surface area contributed by atoms with Gasteiger partial charge in [0.1, 0.15) is 5.75 Å². The van der Waals surface area contributed by atoms with Crippen molar-refractivity contribution in [3.8, 4) is 5.75 Å². The molecule has 0 aliphatic heterocycles. The van der Waals surface area contributed by atoms with Crippen LogP contribution in [0.5, 0.6) is 5.75 Å². The molecule has 0 saturated heterocycles. The Morgan fingerprint density at radius 3 is 2.29 bits per heavy atom. The third-order valence-corrected chi connectivity index (χ3v) is 4.77. The van der Waals surface area contributed by atoms with E-state index in [0.717, 1.165) is 5.92 Å². The SMILES string of the molecule is Oc1cccc(C(CC2CCCCC2)c2ccccc2)c1. The van der Waals surface area contributed by atoms with Crippen molar-refractivity contribution in [2.24, 2.45) is 5.92 Å². The van der Waals surface area contributed by atoms with Gasteiger partial charge in [-0.15, -0.1) is 0 Å². The number of rotatable bonds is 4. The predicted molar refractivity (Wildman–Crippen MR) is 87.6 cm³/mol. The van der Waals surface area contributed by atoms with Crippen LogP contribution < -0.4 is 0 Å². The summed E-state index contributed by atoms with van der Waals surface area (Å²) in [6.07, 6.45) is 8.09. The van der Waals surface area contributed by atoms with Gasteiger partial charge in [-0.05, 0) is 35.6 Å². The van der Waals surface area contributed by atoms with E-state index in [1.807, 2.05) is 12.1 Å². The Balaban J connectivity index is 1.87. The first-order valence-corrected chi connectivity index (χ1v) is 8.17.